The summed E-state index contributed by atoms with van der Waals surface area (Å²) in [5, 5.41) is 0. The lowest BCUT2D eigenvalue weighted by atomic mass is 9.99. The van der Waals surface area contributed by atoms with Gasteiger partial charge in [-0.05, 0) is 36.6 Å². The minimum atomic E-state index is -0.214. The molecule has 0 saturated carbocycles. The van der Waals surface area contributed by atoms with Gasteiger partial charge in [0.1, 0.15) is 19.0 Å². The first-order chi connectivity index (χ1) is 12.7. The smallest absolute Gasteiger partial charge is 0.260 e. The number of Topliss-reactive ketones (excluding diaryl/α,β-unsaturated/α-hetero) is 1. The minimum absolute atomic E-state index is 0.104. The van der Waals surface area contributed by atoms with Crippen LogP contribution in [0.5, 0.6) is 11.6 Å². The molecule has 0 aliphatic carbocycles. The van der Waals surface area contributed by atoms with Crippen LogP contribution in [0.4, 0.5) is 4.39 Å². The molecule has 26 heavy (non-hydrogen) atoms. The Morgan fingerprint density at radius 3 is 2.88 bits per heavy atom. The summed E-state index contributed by atoms with van der Waals surface area (Å²) in [5.41, 5.74) is 1.15. The molecule has 7 heteroatoms. The number of nitrogens with zero attached hydrogens (tertiary/aromatic N) is 3. The Bertz CT molecular complexity index is 797. The number of rotatable bonds is 5. The zero-order valence-corrected chi connectivity index (χ0v) is 14.4. The highest BCUT2D eigenvalue weighted by atomic mass is 19.1. The molecule has 2 aliphatic heterocycles. The fourth-order valence-corrected chi connectivity index (χ4v) is 3.40. The van der Waals surface area contributed by atoms with Crippen molar-refractivity contribution >= 4 is 5.78 Å². The highest BCUT2D eigenvalue weighted by Gasteiger charge is 2.25. The molecule has 0 N–H and O–H groups in total. The summed E-state index contributed by atoms with van der Waals surface area (Å²) in [4.78, 5) is 22.9. The molecule has 4 rings (SSSR count). The number of hydrogen-bond acceptors (Lipinski definition) is 6. The second kappa shape index (κ2) is 7.37. The van der Waals surface area contributed by atoms with E-state index in [2.05, 4.69) is 14.9 Å². The summed E-state index contributed by atoms with van der Waals surface area (Å²) in [7, 11) is 0. The first-order valence-electron chi connectivity index (χ1n) is 8.83. The molecule has 1 aromatic carbocycles. The molecular formula is C19H20FN3O3. The maximum atomic E-state index is 13.1. The highest BCUT2D eigenvalue weighted by molar-refractivity contribution is 5.92. The molecule has 0 radical (unpaired) electrons. The van der Waals surface area contributed by atoms with E-state index in [0.29, 0.717) is 43.7 Å². The van der Waals surface area contributed by atoms with E-state index in [4.69, 9.17) is 9.47 Å². The zero-order valence-electron chi connectivity index (χ0n) is 14.4. The van der Waals surface area contributed by atoms with Gasteiger partial charge in [0.25, 0.3) is 5.88 Å². The number of aromatic nitrogens is 2. The number of carbonyl (C=O) groups excluding carboxylic acids is 1. The Morgan fingerprint density at radius 1 is 1.23 bits per heavy atom. The van der Waals surface area contributed by atoms with E-state index in [0.717, 1.165) is 25.1 Å². The van der Waals surface area contributed by atoms with Crippen LogP contribution in [0.2, 0.25) is 0 Å². The van der Waals surface area contributed by atoms with E-state index in [9.17, 15) is 9.18 Å². The number of likely N-dealkylation sites (tertiary alicyclic amines) is 1. The van der Waals surface area contributed by atoms with Crippen LogP contribution in [-0.4, -0.2) is 53.5 Å². The third kappa shape index (κ3) is 3.67. The van der Waals surface area contributed by atoms with Crippen molar-refractivity contribution in [2.24, 2.45) is 0 Å². The fraction of sp³-hybridized carbons (Fsp3) is 0.421. The Kier molecular flexibility index (Phi) is 4.79. The normalized spacial score (nSPS) is 19.5. The van der Waals surface area contributed by atoms with Crippen LogP contribution < -0.4 is 9.47 Å². The molecule has 2 aromatic rings. The summed E-state index contributed by atoms with van der Waals surface area (Å²) in [6.45, 7) is 3.36. The van der Waals surface area contributed by atoms with E-state index in [1.165, 1.54) is 18.3 Å². The number of fused-ring (bicyclic) bond motifs is 1. The Balaban J connectivity index is 1.31. The van der Waals surface area contributed by atoms with E-state index in [1.807, 2.05) is 12.1 Å². The molecule has 1 unspecified atom stereocenters. The molecule has 136 valence electrons. The predicted molar refractivity (Wildman–Crippen MR) is 92.2 cm³/mol. The lowest BCUT2D eigenvalue weighted by Crippen LogP contribution is -2.24. The van der Waals surface area contributed by atoms with Crippen molar-refractivity contribution in [1.82, 2.24) is 14.9 Å². The van der Waals surface area contributed by atoms with Crippen LogP contribution in [0.25, 0.3) is 0 Å². The molecule has 1 aromatic heterocycles. The van der Waals surface area contributed by atoms with Gasteiger partial charge in [0, 0.05) is 19.5 Å². The minimum Gasteiger partial charge on any atom is -0.483 e. The monoisotopic (exact) mass is 357 g/mol. The molecule has 6 nitrogen and oxygen atoms in total. The van der Waals surface area contributed by atoms with Gasteiger partial charge in [-0.2, -0.15) is 4.98 Å². The fourth-order valence-electron chi connectivity index (χ4n) is 3.40. The number of hydrogen-bond donors (Lipinski definition) is 0. The molecule has 1 saturated heterocycles. The lowest BCUT2D eigenvalue weighted by molar-refractivity contribution is 0.0954. The van der Waals surface area contributed by atoms with Crippen molar-refractivity contribution in [3.8, 4) is 11.6 Å². The topological polar surface area (TPSA) is 64.6 Å². The van der Waals surface area contributed by atoms with E-state index >= 15 is 0 Å². The summed E-state index contributed by atoms with van der Waals surface area (Å²) in [6.07, 6.45) is 2.87. The van der Waals surface area contributed by atoms with Gasteiger partial charge < -0.3 is 14.4 Å². The van der Waals surface area contributed by atoms with Crippen molar-refractivity contribution in [3.05, 3.63) is 47.7 Å². The van der Waals surface area contributed by atoms with Crippen LogP contribution in [0.3, 0.4) is 0 Å². The molecule has 2 aliphatic rings. The van der Waals surface area contributed by atoms with Crippen molar-refractivity contribution < 1.29 is 18.7 Å². The van der Waals surface area contributed by atoms with Gasteiger partial charge in [-0.25, -0.2) is 9.37 Å². The maximum Gasteiger partial charge on any atom is 0.260 e. The number of ether oxygens (including phenoxy) is 2. The maximum absolute atomic E-state index is 13.1. The summed E-state index contributed by atoms with van der Waals surface area (Å²) in [5.74, 6) is 1.06. The van der Waals surface area contributed by atoms with Crippen molar-refractivity contribution in [2.45, 2.75) is 18.8 Å². The quantitative estimate of drug-likeness (QED) is 0.766. The summed E-state index contributed by atoms with van der Waals surface area (Å²) >= 11 is 0. The third-order valence-electron chi connectivity index (χ3n) is 4.82. The second-order valence-electron chi connectivity index (χ2n) is 6.57. The first kappa shape index (κ1) is 16.9. The van der Waals surface area contributed by atoms with Crippen molar-refractivity contribution in [3.63, 3.8) is 0 Å². The number of ketones is 1. The number of benzene rings is 1. The molecule has 0 amide bonds. The second-order valence-corrected chi connectivity index (χ2v) is 6.57. The summed E-state index contributed by atoms with van der Waals surface area (Å²) < 4.78 is 23.8. The Morgan fingerprint density at radius 2 is 2.04 bits per heavy atom. The van der Waals surface area contributed by atoms with E-state index in [1.54, 1.807) is 0 Å². The average Bonchev–Trinajstić information content (AvgIpc) is 3.15. The van der Waals surface area contributed by atoms with E-state index in [-0.39, 0.29) is 17.4 Å². The third-order valence-corrected chi connectivity index (χ3v) is 4.82. The highest BCUT2D eigenvalue weighted by Crippen LogP contribution is 2.28. The van der Waals surface area contributed by atoms with Gasteiger partial charge in [-0.1, -0.05) is 12.1 Å². The Labute approximate surface area is 151 Å². The van der Waals surface area contributed by atoms with Gasteiger partial charge in [0.2, 0.25) is 5.78 Å². The molecule has 1 atom stereocenters. The van der Waals surface area contributed by atoms with Crippen molar-refractivity contribution in [1.29, 1.82) is 0 Å². The average molecular weight is 357 g/mol. The van der Waals surface area contributed by atoms with E-state index < -0.39 is 0 Å². The molecule has 0 bridgehead atoms. The first-order valence-corrected chi connectivity index (χ1v) is 8.83. The van der Waals surface area contributed by atoms with Gasteiger partial charge in [-0.3, -0.25) is 4.79 Å². The number of carbonyl (C=O) groups is 1. The molecule has 1 fully saturated rings. The van der Waals surface area contributed by atoms with Gasteiger partial charge in [-0.15, -0.1) is 0 Å². The predicted octanol–water partition coefficient (Wildman–Crippen LogP) is 2.45. The van der Waals surface area contributed by atoms with Gasteiger partial charge in [0.15, 0.2) is 11.6 Å². The van der Waals surface area contributed by atoms with Gasteiger partial charge >= 0.3 is 0 Å². The number of halogens is 1. The van der Waals surface area contributed by atoms with Crippen LogP contribution in [0.1, 0.15) is 34.9 Å². The Hall–Kier alpha value is -2.54. The largest absolute Gasteiger partial charge is 0.483 e. The van der Waals surface area contributed by atoms with Crippen LogP contribution >= 0.6 is 0 Å². The molecule has 0 spiro atoms. The summed E-state index contributed by atoms with van der Waals surface area (Å²) in [6, 6.07) is 6.69. The SMILES string of the molecule is O=C(CCN1CCC(c2ccc(F)cc2)C1)c1ncc2c(n1)OCCO2. The van der Waals surface area contributed by atoms with Crippen LogP contribution in [0.15, 0.2) is 30.5 Å². The molecule has 3 heterocycles. The standard InChI is InChI=1S/C19H20FN3O3/c20-15-3-1-13(2-4-15)14-5-7-23(12-14)8-6-16(24)18-21-11-17-19(22-18)26-10-9-25-17/h1-4,11,14H,5-10,12H2. The lowest BCUT2D eigenvalue weighted by Gasteiger charge is -2.17. The van der Waals surface area contributed by atoms with Crippen LogP contribution in [-0.2, 0) is 0 Å². The molecular weight excluding hydrogens is 337 g/mol. The zero-order chi connectivity index (χ0) is 17.9. The van der Waals surface area contributed by atoms with Gasteiger partial charge in [0.05, 0.1) is 6.20 Å². The van der Waals surface area contributed by atoms with Crippen molar-refractivity contribution in [2.75, 3.05) is 32.8 Å². The van der Waals surface area contributed by atoms with Crippen LogP contribution in [0, 0.1) is 5.82 Å².